The van der Waals surface area contributed by atoms with Gasteiger partial charge in [0, 0.05) is 12.6 Å². The summed E-state index contributed by atoms with van der Waals surface area (Å²) in [5.41, 5.74) is 10.7. The molecule has 0 spiro atoms. The Kier molecular flexibility index (Phi) is 4.35. The molecule has 14 heavy (non-hydrogen) atoms. The number of hydrogen-bond donors (Lipinski definition) is 2. The zero-order chi connectivity index (χ0) is 10.6. The van der Waals surface area contributed by atoms with Crippen LogP contribution in [0.2, 0.25) is 0 Å². The fourth-order valence-corrected chi connectivity index (χ4v) is 1.99. The van der Waals surface area contributed by atoms with Gasteiger partial charge in [0.2, 0.25) is 5.91 Å². The van der Waals surface area contributed by atoms with Gasteiger partial charge in [-0.15, -0.1) is 0 Å². The topological polar surface area (TPSA) is 72.3 Å². The lowest BCUT2D eigenvalue weighted by Crippen LogP contribution is -2.58. The molecule has 1 rings (SSSR count). The molecule has 0 aromatic carbocycles. The largest absolute Gasteiger partial charge is 0.368 e. The van der Waals surface area contributed by atoms with Crippen molar-refractivity contribution in [3.05, 3.63) is 0 Å². The van der Waals surface area contributed by atoms with Gasteiger partial charge in [-0.25, -0.2) is 0 Å². The van der Waals surface area contributed by atoms with Gasteiger partial charge in [0.25, 0.3) is 0 Å². The molecule has 2 unspecified atom stereocenters. The van der Waals surface area contributed by atoms with Crippen LogP contribution in [0.15, 0.2) is 0 Å². The van der Waals surface area contributed by atoms with E-state index >= 15 is 0 Å². The van der Waals surface area contributed by atoms with Crippen molar-refractivity contribution in [1.82, 2.24) is 4.90 Å². The highest BCUT2D eigenvalue weighted by molar-refractivity contribution is 5.80. The van der Waals surface area contributed by atoms with Crippen molar-refractivity contribution in [3.8, 4) is 0 Å². The minimum atomic E-state index is -0.179. The molecule has 0 aromatic rings. The smallest absolute Gasteiger partial charge is 0.234 e. The van der Waals surface area contributed by atoms with Crippen LogP contribution in [0.1, 0.15) is 32.6 Å². The van der Waals surface area contributed by atoms with Crippen LogP contribution >= 0.6 is 0 Å². The lowest BCUT2D eigenvalue weighted by molar-refractivity contribution is -0.129. The first kappa shape index (κ1) is 11.5. The Morgan fingerprint density at radius 3 is 2.71 bits per heavy atom. The Balaban J connectivity index is 2.23. The number of amides is 1. The van der Waals surface area contributed by atoms with Crippen molar-refractivity contribution in [2.45, 2.75) is 44.7 Å². The lowest BCUT2D eigenvalue weighted by Gasteiger charge is -2.43. The number of rotatable bonds is 6. The molecule has 0 saturated carbocycles. The van der Waals surface area contributed by atoms with Crippen molar-refractivity contribution in [1.29, 1.82) is 0 Å². The molecule has 4 heteroatoms. The molecular weight excluding hydrogens is 178 g/mol. The molecule has 0 bridgehead atoms. The minimum Gasteiger partial charge on any atom is -0.368 e. The number of nitrogens with two attached hydrogens (primary N) is 2. The van der Waals surface area contributed by atoms with Crippen LogP contribution < -0.4 is 11.5 Å². The summed E-state index contributed by atoms with van der Waals surface area (Å²) in [4.78, 5) is 13.2. The second-order valence-corrected chi connectivity index (χ2v) is 4.08. The van der Waals surface area contributed by atoms with Crippen LogP contribution in [0.3, 0.4) is 0 Å². The molecule has 1 aliphatic rings. The van der Waals surface area contributed by atoms with Gasteiger partial charge in [-0.1, -0.05) is 6.42 Å². The lowest BCUT2D eigenvalue weighted by atomic mass is 9.97. The molecular formula is C10H21N3O. The summed E-state index contributed by atoms with van der Waals surface area (Å²) in [6, 6.07) is 0.454. The van der Waals surface area contributed by atoms with E-state index in [9.17, 15) is 4.79 Å². The maximum absolute atomic E-state index is 11.0. The summed E-state index contributed by atoms with van der Waals surface area (Å²) in [6.45, 7) is 3.93. The van der Waals surface area contributed by atoms with E-state index in [4.69, 9.17) is 11.5 Å². The Morgan fingerprint density at radius 1 is 1.57 bits per heavy atom. The fraction of sp³-hybridized carbons (Fsp3) is 0.900. The van der Waals surface area contributed by atoms with Gasteiger partial charge < -0.3 is 11.5 Å². The van der Waals surface area contributed by atoms with Crippen molar-refractivity contribution >= 4 is 5.91 Å². The molecule has 4 nitrogen and oxygen atoms in total. The first-order valence-electron chi connectivity index (χ1n) is 5.42. The Hall–Kier alpha value is -0.610. The van der Waals surface area contributed by atoms with Gasteiger partial charge in [0.15, 0.2) is 0 Å². The quantitative estimate of drug-likeness (QED) is 0.594. The maximum atomic E-state index is 11.0. The van der Waals surface area contributed by atoms with E-state index < -0.39 is 0 Å². The van der Waals surface area contributed by atoms with Gasteiger partial charge in [-0.05, 0) is 32.7 Å². The van der Waals surface area contributed by atoms with E-state index in [-0.39, 0.29) is 11.9 Å². The summed E-state index contributed by atoms with van der Waals surface area (Å²) in [6.07, 6.45) is 4.25. The zero-order valence-electron chi connectivity index (χ0n) is 8.91. The standard InChI is InChI=1S/C10H21N3O/c1-8(4-2-3-6-11)13-7-5-9(13)10(12)14/h8-9H,2-7,11H2,1H3,(H2,12,14). The van der Waals surface area contributed by atoms with Crippen molar-refractivity contribution in [2.24, 2.45) is 11.5 Å². The summed E-state index contributed by atoms with van der Waals surface area (Å²) in [7, 11) is 0. The third kappa shape index (κ3) is 2.69. The molecule has 1 heterocycles. The molecule has 1 aliphatic heterocycles. The predicted molar refractivity (Wildman–Crippen MR) is 56.7 cm³/mol. The van der Waals surface area contributed by atoms with E-state index in [1.807, 2.05) is 0 Å². The number of unbranched alkanes of at least 4 members (excludes halogenated alkanes) is 1. The van der Waals surface area contributed by atoms with Gasteiger partial charge in [-0.2, -0.15) is 0 Å². The first-order valence-corrected chi connectivity index (χ1v) is 5.42. The Morgan fingerprint density at radius 2 is 2.29 bits per heavy atom. The monoisotopic (exact) mass is 199 g/mol. The van der Waals surface area contributed by atoms with Crippen molar-refractivity contribution in [2.75, 3.05) is 13.1 Å². The Bertz CT molecular complexity index is 196. The summed E-state index contributed by atoms with van der Waals surface area (Å²) in [5.74, 6) is -0.179. The van der Waals surface area contributed by atoms with Crippen LogP contribution in [0.4, 0.5) is 0 Å². The van der Waals surface area contributed by atoms with Gasteiger partial charge in [0.1, 0.15) is 0 Å². The molecule has 4 N–H and O–H groups in total. The zero-order valence-corrected chi connectivity index (χ0v) is 8.91. The molecule has 82 valence electrons. The van der Waals surface area contributed by atoms with Crippen molar-refractivity contribution in [3.63, 3.8) is 0 Å². The predicted octanol–water partition coefficient (Wildman–Crippen LogP) is 0.0635. The van der Waals surface area contributed by atoms with E-state index in [0.717, 1.165) is 38.8 Å². The first-order chi connectivity index (χ1) is 6.66. The third-order valence-corrected chi connectivity index (χ3v) is 3.03. The normalized spacial score (nSPS) is 24.3. The second kappa shape index (κ2) is 5.32. The average molecular weight is 199 g/mol. The number of likely N-dealkylation sites (tertiary alicyclic amines) is 1. The SMILES string of the molecule is CC(CCCCN)N1CCC1C(N)=O. The molecule has 2 atom stereocenters. The third-order valence-electron chi connectivity index (χ3n) is 3.03. The highest BCUT2D eigenvalue weighted by Crippen LogP contribution is 2.22. The minimum absolute atomic E-state index is 0.0112. The fourth-order valence-electron chi connectivity index (χ4n) is 1.99. The van der Waals surface area contributed by atoms with Gasteiger partial charge >= 0.3 is 0 Å². The van der Waals surface area contributed by atoms with Crippen molar-refractivity contribution < 1.29 is 4.79 Å². The van der Waals surface area contributed by atoms with Crippen LogP contribution in [0.5, 0.6) is 0 Å². The molecule has 1 amide bonds. The van der Waals surface area contributed by atoms with E-state index in [1.54, 1.807) is 0 Å². The number of carbonyl (C=O) groups is 1. The maximum Gasteiger partial charge on any atom is 0.234 e. The summed E-state index contributed by atoms with van der Waals surface area (Å²) >= 11 is 0. The number of carbonyl (C=O) groups excluding carboxylic acids is 1. The number of hydrogen-bond acceptors (Lipinski definition) is 3. The molecule has 1 saturated heterocycles. The highest BCUT2D eigenvalue weighted by Gasteiger charge is 2.35. The summed E-state index contributed by atoms with van der Waals surface area (Å²) in [5, 5.41) is 0. The van der Waals surface area contributed by atoms with Gasteiger partial charge in [0.05, 0.1) is 6.04 Å². The molecule has 0 aromatic heterocycles. The number of nitrogens with zero attached hydrogens (tertiary/aromatic N) is 1. The average Bonchev–Trinajstić information content (AvgIpc) is 2.01. The van der Waals surface area contributed by atoms with Crippen LogP contribution in [-0.4, -0.2) is 36.0 Å². The van der Waals surface area contributed by atoms with Crippen LogP contribution in [0, 0.1) is 0 Å². The molecule has 0 radical (unpaired) electrons. The summed E-state index contributed by atoms with van der Waals surface area (Å²) < 4.78 is 0. The Labute approximate surface area is 85.6 Å². The molecule has 0 aliphatic carbocycles. The van der Waals surface area contributed by atoms with Gasteiger partial charge in [-0.3, -0.25) is 9.69 Å². The molecule has 1 fully saturated rings. The van der Waals surface area contributed by atoms with E-state index in [1.165, 1.54) is 0 Å². The van der Waals surface area contributed by atoms with Crippen LogP contribution in [-0.2, 0) is 4.79 Å². The van der Waals surface area contributed by atoms with E-state index in [0.29, 0.717) is 6.04 Å². The van der Waals surface area contributed by atoms with E-state index in [2.05, 4.69) is 11.8 Å². The number of primary amides is 1. The highest BCUT2D eigenvalue weighted by atomic mass is 16.1. The second-order valence-electron chi connectivity index (χ2n) is 4.08. The van der Waals surface area contributed by atoms with Crippen LogP contribution in [0.25, 0.3) is 0 Å².